The zero-order chi connectivity index (χ0) is 17.8. The van der Waals surface area contributed by atoms with Crippen molar-refractivity contribution < 1.29 is 14.4 Å². The van der Waals surface area contributed by atoms with Gasteiger partial charge in [-0.15, -0.1) is 11.8 Å². The number of carbonyl (C=O) groups is 3. The van der Waals surface area contributed by atoms with Gasteiger partial charge in [0.1, 0.15) is 0 Å². The molecule has 2 aliphatic rings. The lowest BCUT2D eigenvalue weighted by Crippen LogP contribution is -2.42. The van der Waals surface area contributed by atoms with Crippen LogP contribution in [-0.2, 0) is 4.79 Å². The monoisotopic (exact) mass is 361 g/mol. The molecule has 0 unspecified atom stereocenters. The molecule has 2 fully saturated rings. The maximum absolute atomic E-state index is 12.4. The van der Waals surface area contributed by atoms with Gasteiger partial charge < -0.3 is 15.5 Å². The second kappa shape index (κ2) is 8.01. The number of ketones is 1. The minimum Gasteiger partial charge on any atom is -0.352 e. The van der Waals surface area contributed by atoms with Gasteiger partial charge in [-0.3, -0.25) is 14.4 Å². The van der Waals surface area contributed by atoms with E-state index in [0.717, 1.165) is 31.1 Å². The lowest BCUT2D eigenvalue weighted by molar-refractivity contribution is -0.131. The molecule has 1 aromatic rings. The number of hydrogen-bond acceptors (Lipinski definition) is 5. The fraction of sp³-hybridized carbons (Fsp3) is 0.500. The SMILES string of the molecule is CC(=O)c1cccc(C(=O)NC[C@@H]2CN[C@H](C(=O)N3CCSC3)C2)c1. The van der Waals surface area contributed by atoms with Crippen LogP contribution >= 0.6 is 11.8 Å². The van der Waals surface area contributed by atoms with Gasteiger partial charge in [-0.05, 0) is 31.4 Å². The molecule has 2 N–H and O–H groups in total. The molecular weight excluding hydrogens is 338 g/mol. The summed E-state index contributed by atoms with van der Waals surface area (Å²) in [5, 5.41) is 6.19. The first-order valence-electron chi connectivity index (χ1n) is 8.53. The molecule has 0 aromatic heterocycles. The number of thioether (sulfide) groups is 1. The molecule has 0 aliphatic carbocycles. The van der Waals surface area contributed by atoms with Crippen LogP contribution in [-0.4, -0.2) is 59.8 Å². The first-order chi connectivity index (χ1) is 12.0. The summed E-state index contributed by atoms with van der Waals surface area (Å²) >= 11 is 1.78. The van der Waals surface area contributed by atoms with Gasteiger partial charge in [-0.2, -0.15) is 0 Å². The zero-order valence-corrected chi connectivity index (χ0v) is 15.1. The van der Waals surface area contributed by atoms with E-state index in [1.54, 1.807) is 36.0 Å². The summed E-state index contributed by atoms with van der Waals surface area (Å²) in [4.78, 5) is 38.0. The van der Waals surface area contributed by atoms with Crippen molar-refractivity contribution in [1.82, 2.24) is 15.5 Å². The number of nitrogens with one attached hydrogen (secondary N) is 2. The Kier molecular flexibility index (Phi) is 5.75. The van der Waals surface area contributed by atoms with E-state index in [9.17, 15) is 14.4 Å². The van der Waals surface area contributed by atoms with Gasteiger partial charge in [0.25, 0.3) is 5.91 Å². The van der Waals surface area contributed by atoms with Crippen LogP contribution in [0, 0.1) is 5.92 Å². The van der Waals surface area contributed by atoms with Crippen LogP contribution in [0.4, 0.5) is 0 Å². The van der Waals surface area contributed by atoms with Crippen molar-refractivity contribution in [3.63, 3.8) is 0 Å². The van der Waals surface area contributed by atoms with Crippen molar-refractivity contribution in [2.45, 2.75) is 19.4 Å². The molecule has 6 nitrogen and oxygen atoms in total. The van der Waals surface area contributed by atoms with Gasteiger partial charge in [0.05, 0.1) is 11.9 Å². The van der Waals surface area contributed by atoms with Crippen molar-refractivity contribution in [3.8, 4) is 0 Å². The quantitative estimate of drug-likeness (QED) is 0.769. The van der Waals surface area contributed by atoms with Crippen LogP contribution in [0.25, 0.3) is 0 Å². The molecule has 134 valence electrons. The van der Waals surface area contributed by atoms with E-state index in [1.807, 2.05) is 4.90 Å². The van der Waals surface area contributed by atoms with Crippen LogP contribution in [0.5, 0.6) is 0 Å². The highest BCUT2D eigenvalue weighted by molar-refractivity contribution is 7.99. The Morgan fingerprint density at radius 2 is 2.12 bits per heavy atom. The van der Waals surface area contributed by atoms with Crippen LogP contribution in [0.3, 0.4) is 0 Å². The third-order valence-corrected chi connectivity index (χ3v) is 5.63. The molecule has 2 aliphatic heterocycles. The standard InChI is InChI=1S/C18H23N3O3S/c1-12(22)14-3-2-4-15(8-14)17(23)20-10-13-7-16(19-9-13)18(24)21-5-6-25-11-21/h2-4,8,13,16,19H,5-7,9-11H2,1H3,(H,20,23)/t13-,16-/m0/s1. The molecular formula is C18H23N3O3S. The highest BCUT2D eigenvalue weighted by atomic mass is 32.2. The largest absolute Gasteiger partial charge is 0.352 e. The smallest absolute Gasteiger partial charge is 0.251 e. The molecule has 2 heterocycles. The summed E-state index contributed by atoms with van der Waals surface area (Å²) in [5.74, 6) is 1.96. The van der Waals surface area contributed by atoms with Crippen molar-refractivity contribution >= 4 is 29.4 Å². The highest BCUT2D eigenvalue weighted by Gasteiger charge is 2.33. The summed E-state index contributed by atoms with van der Waals surface area (Å²) in [6, 6.07) is 6.59. The van der Waals surface area contributed by atoms with Gasteiger partial charge in [0.2, 0.25) is 5.91 Å². The number of nitrogens with zero attached hydrogens (tertiary/aromatic N) is 1. The fourth-order valence-corrected chi connectivity index (χ4v) is 4.13. The van der Waals surface area contributed by atoms with E-state index in [2.05, 4.69) is 10.6 Å². The van der Waals surface area contributed by atoms with Gasteiger partial charge in [-0.25, -0.2) is 0 Å². The normalized spacial score (nSPS) is 22.8. The van der Waals surface area contributed by atoms with Crippen molar-refractivity contribution in [2.24, 2.45) is 5.92 Å². The Morgan fingerprint density at radius 1 is 1.32 bits per heavy atom. The first kappa shape index (κ1) is 17.9. The van der Waals surface area contributed by atoms with Gasteiger partial charge in [0.15, 0.2) is 5.78 Å². The summed E-state index contributed by atoms with van der Waals surface area (Å²) in [5.41, 5.74) is 1.02. The van der Waals surface area contributed by atoms with Gasteiger partial charge in [-0.1, -0.05) is 12.1 Å². The van der Waals surface area contributed by atoms with Crippen molar-refractivity contribution in [3.05, 3.63) is 35.4 Å². The predicted molar refractivity (Wildman–Crippen MR) is 97.7 cm³/mol. The third kappa shape index (κ3) is 4.41. The van der Waals surface area contributed by atoms with E-state index in [-0.39, 0.29) is 29.6 Å². The molecule has 7 heteroatoms. The number of carbonyl (C=O) groups excluding carboxylic acids is 3. The number of rotatable bonds is 5. The second-order valence-corrected chi connectivity index (χ2v) is 7.62. The Labute approximate surface area is 151 Å². The van der Waals surface area contributed by atoms with Crippen LogP contribution in [0.15, 0.2) is 24.3 Å². The lowest BCUT2D eigenvalue weighted by Gasteiger charge is -2.19. The number of amides is 2. The van der Waals surface area contributed by atoms with Crippen LogP contribution in [0.2, 0.25) is 0 Å². The first-order valence-corrected chi connectivity index (χ1v) is 9.69. The van der Waals surface area contributed by atoms with E-state index < -0.39 is 0 Å². The molecule has 0 radical (unpaired) electrons. The van der Waals surface area contributed by atoms with E-state index in [1.165, 1.54) is 6.92 Å². The van der Waals surface area contributed by atoms with Gasteiger partial charge >= 0.3 is 0 Å². The molecule has 0 saturated carbocycles. The van der Waals surface area contributed by atoms with E-state index in [0.29, 0.717) is 17.7 Å². The Balaban J connectivity index is 1.49. The summed E-state index contributed by atoms with van der Waals surface area (Å²) in [6.45, 7) is 3.56. The lowest BCUT2D eigenvalue weighted by atomic mass is 10.0. The molecule has 2 atom stereocenters. The maximum atomic E-state index is 12.4. The number of hydrogen-bond donors (Lipinski definition) is 2. The average molecular weight is 361 g/mol. The van der Waals surface area contributed by atoms with Crippen molar-refractivity contribution in [2.75, 3.05) is 31.3 Å². The minimum atomic E-state index is -0.186. The predicted octanol–water partition coefficient (Wildman–Crippen LogP) is 1.13. The Morgan fingerprint density at radius 3 is 2.84 bits per heavy atom. The van der Waals surface area contributed by atoms with Gasteiger partial charge in [0, 0.05) is 36.5 Å². The molecule has 25 heavy (non-hydrogen) atoms. The van der Waals surface area contributed by atoms with E-state index in [4.69, 9.17) is 0 Å². The zero-order valence-electron chi connectivity index (χ0n) is 14.3. The summed E-state index contributed by atoms with van der Waals surface area (Å²) in [6.07, 6.45) is 0.744. The Bertz CT molecular complexity index is 673. The van der Waals surface area contributed by atoms with Crippen LogP contribution < -0.4 is 10.6 Å². The number of benzene rings is 1. The third-order valence-electron chi connectivity index (χ3n) is 4.67. The molecule has 2 amide bonds. The topological polar surface area (TPSA) is 78.5 Å². The number of Topliss-reactive ketones (excluding diaryl/α,β-unsaturated/α-hetero) is 1. The van der Waals surface area contributed by atoms with E-state index >= 15 is 0 Å². The molecule has 2 saturated heterocycles. The maximum Gasteiger partial charge on any atom is 0.251 e. The Hall–Kier alpha value is -1.86. The molecule has 1 aromatic carbocycles. The molecule has 0 spiro atoms. The van der Waals surface area contributed by atoms with Crippen LogP contribution in [0.1, 0.15) is 34.1 Å². The second-order valence-electron chi connectivity index (χ2n) is 6.55. The summed E-state index contributed by atoms with van der Waals surface area (Å²) < 4.78 is 0. The molecule has 3 rings (SSSR count). The molecule has 0 bridgehead atoms. The highest BCUT2D eigenvalue weighted by Crippen LogP contribution is 2.20. The summed E-state index contributed by atoms with van der Waals surface area (Å²) in [7, 11) is 0. The average Bonchev–Trinajstić information content (AvgIpc) is 3.31. The minimum absolute atomic E-state index is 0.0592. The van der Waals surface area contributed by atoms with Crippen molar-refractivity contribution in [1.29, 1.82) is 0 Å². The fourth-order valence-electron chi connectivity index (χ4n) is 3.18.